The fourth-order valence-electron chi connectivity index (χ4n) is 2.18. The summed E-state index contributed by atoms with van der Waals surface area (Å²) in [6, 6.07) is 5.71. The first kappa shape index (κ1) is 16.8. The van der Waals surface area contributed by atoms with Crippen LogP contribution in [-0.4, -0.2) is 23.9 Å². The summed E-state index contributed by atoms with van der Waals surface area (Å²) in [5.74, 6) is -1.17. The lowest BCUT2D eigenvalue weighted by atomic mass is 9.78. The van der Waals surface area contributed by atoms with Crippen molar-refractivity contribution in [1.29, 1.82) is 5.26 Å². The summed E-state index contributed by atoms with van der Waals surface area (Å²) in [4.78, 5) is 23.5. The lowest BCUT2D eigenvalue weighted by molar-refractivity contribution is -0.137. The highest BCUT2D eigenvalue weighted by molar-refractivity contribution is 5.96. The van der Waals surface area contributed by atoms with Crippen molar-refractivity contribution in [2.24, 2.45) is 0 Å². The van der Waals surface area contributed by atoms with Gasteiger partial charge in [-0.15, -0.1) is 0 Å². The molecular formula is C15H14F3N3O2. The number of benzene rings is 1. The summed E-state index contributed by atoms with van der Waals surface area (Å²) in [7, 11) is 0. The van der Waals surface area contributed by atoms with Gasteiger partial charge in [0.15, 0.2) is 0 Å². The van der Waals surface area contributed by atoms with E-state index in [0.29, 0.717) is 12.8 Å². The van der Waals surface area contributed by atoms with Crippen LogP contribution in [0.4, 0.5) is 13.2 Å². The van der Waals surface area contributed by atoms with E-state index in [9.17, 15) is 22.8 Å². The molecule has 0 unspecified atom stereocenters. The Labute approximate surface area is 130 Å². The third kappa shape index (κ3) is 4.00. The zero-order chi connectivity index (χ0) is 17.1. The normalized spacial score (nSPS) is 15.9. The third-order valence-corrected chi connectivity index (χ3v) is 3.68. The Morgan fingerprint density at radius 2 is 1.83 bits per heavy atom. The van der Waals surface area contributed by atoms with Crippen LogP contribution in [0.1, 0.15) is 35.2 Å². The van der Waals surface area contributed by atoms with Crippen LogP contribution in [0.2, 0.25) is 0 Å². The number of nitrogens with one attached hydrogen (secondary N) is 2. The Hall–Kier alpha value is -2.56. The van der Waals surface area contributed by atoms with Gasteiger partial charge in [0, 0.05) is 5.56 Å². The quantitative estimate of drug-likeness (QED) is 0.888. The van der Waals surface area contributed by atoms with Crippen LogP contribution < -0.4 is 10.6 Å². The van der Waals surface area contributed by atoms with Crippen molar-refractivity contribution in [2.75, 3.05) is 6.54 Å². The standard InChI is InChI=1S/C15H14F3N3O2/c16-15(17,18)11-4-2-10(3-5-11)13(23)20-8-12(22)21-14(9-19)6-1-7-14/h2-5H,1,6-8H2,(H,20,23)(H,21,22). The van der Waals surface area contributed by atoms with Crippen LogP contribution in [0.25, 0.3) is 0 Å². The van der Waals surface area contributed by atoms with Gasteiger partial charge < -0.3 is 10.6 Å². The van der Waals surface area contributed by atoms with Crippen LogP contribution in [0.3, 0.4) is 0 Å². The van der Waals surface area contributed by atoms with E-state index in [4.69, 9.17) is 5.26 Å². The lowest BCUT2D eigenvalue weighted by Crippen LogP contribution is -2.54. The fourth-order valence-corrected chi connectivity index (χ4v) is 2.18. The summed E-state index contributed by atoms with van der Waals surface area (Å²) in [6.07, 6.45) is -2.47. The summed E-state index contributed by atoms with van der Waals surface area (Å²) in [6.45, 7) is -0.344. The van der Waals surface area contributed by atoms with E-state index in [1.54, 1.807) is 0 Å². The van der Waals surface area contributed by atoms with Gasteiger partial charge in [-0.25, -0.2) is 0 Å². The molecule has 8 heteroatoms. The second-order valence-electron chi connectivity index (χ2n) is 5.35. The molecule has 0 saturated heterocycles. The highest BCUT2D eigenvalue weighted by atomic mass is 19.4. The van der Waals surface area contributed by atoms with Crippen molar-refractivity contribution in [2.45, 2.75) is 31.0 Å². The highest BCUT2D eigenvalue weighted by Crippen LogP contribution is 2.31. The van der Waals surface area contributed by atoms with E-state index >= 15 is 0 Å². The van der Waals surface area contributed by atoms with Gasteiger partial charge in [0.05, 0.1) is 18.2 Å². The van der Waals surface area contributed by atoms with E-state index < -0.39 is 29.1 Å². The number of hydrogen-bond acceptors (Lipinski definition) is 3. The summed E-state index contributed by atoms with van der Waals surface area (Å²) in [5.41, 5.74) is -1.69. The molecular weight excluding hydrogens is 311 g/mol. The molecule has 23 heavy (non-hydrogen) atoms. The average molecular weight is 325 g/mol. The molecule has 1 fully saturated rings. The molecule has 1 saturated carbocycles. The summed E-state index contributed by atoms with van der Waals surface area (Å²) < 4.78 is 37.3. The van der Waals surface area contributed by atoms with E-state index in [1.807, 2.05) is 6.07 Å². The largest absolute Gasteiger partial charge is 0.416 e. The van der Waals surface area contributed by atoms with Gasteiger partial charge in [0.1, 0.15) is 5.54 Å². The molecule has 2 amide bonds. The SMILES string of the molecule is N#CC1(NC(=O)CNC(=O)c2ccc(C(F)(F)F)cc2)CCC1. The number of halogens is 3. The molecule has 0 heterocycles. The van der Waals surface area contributed by atoms with Crippen molar-refractivity contribution in [3.8, 4) is 6.07 Å². The number of carbonyl (C=O) groups excluding carboxylic acids is 2. The first-order valence-corrected chi connectivity index (χ1v) is 6.93. The molecule has 0 aromatic heterocycles. The molecule has 0 radical (unpaired) electrons. The molecule has 1 aromatic carbocycles. The Morgan fingerprint density at radius 1 is 1.22 bits per heavy atom. The number of nitriles is 1. The maximum Gasteiger partial charge on any atom is 0.416 e. The van der Waals surface area contributed by atoms with Gasteiger partial charge >= 0.3 is 6.18 Å². The second-order valence-corrected chi connectivity index (χ2v) is 5.35. The lowest BCUT2D eigenvalue weighted by Gasteiger charge is -2.35. The van der Waals surface area contributed by atoms with E-state index in [2.05, 4.69) is 10.6 Å². The third-order valence-electron chi connectivity index (χ3n) is 3.68. The molecule has 0 bridgehead atoms. The zero-order valence-corrected chi connectivity index (χ0v) is 12.0. The van der Waals surface area contributed by atoms with Crippen molar-refractivity contribution in [1.82, 2.24) is 10.6 Å². The van der Waals surface area contributed by atoms with Crippen LogP contribution in [0.5, 0.6) is 0 Å². The Morgan fingerprint density at radius 3 is 2.26 bits per heavy atom. The maximum absolute atomic E-state index is 12.4. The van der Waals surface area contributed by atoms with E-state index in [1.165, 1.54) is 0 Å². The zero-order valence-electron chi connectivity index (χ0n) is 12.0. The minimum absolute atomic E-state index is 0.0180. The number of rotatable bonds is 4. The van der Waals surface area contributed by atoms with Crippen molar-refractivity contribution < 1.29 is 22.8 Å². The summed E-state index contributed by atoms with van der Waals surface area (Å²) in [5, 5.41) is 13.9. The monoisotopic (exact) mass is 325 g/mol. The molecule has 122 valence electrons. The molecule has 1 aromatic rings. The fraction of sp³-hybridized carbons (Fsp3) is 0.400. The molecule has 2 rings (SSSR count). The first-order chi connectivity index (χ1) is 10.8. The van der Waals surface area contributed by atoms with Gasteiger partial charge in [-0.05, 0) is 43.5 Å². The predicted octanol–water partition coefficient (Wildman–Crippen LogP) is 2.00. The second kappa shape index (κ2) is 6.28. The van der Waals surface area contributed by atoms with Crippen LogP contribution in [0, 0.1) is 11.3 Å². The van der Waals surface area contributed by atoms with Crippen LogP contribution >= 0.6 is 0 Å². The number of alkyl halides is 3. The molecule has 2 N–H and O–H groups in total. The van der Waals surface area contributed by atoms with E-state index in [0.717, 1.165) is 30.7 Å². The minimum atomic E-state index is -4.47. The van der Waals surface area contributed by atoms with Crippen molar-refractivity contribution in [3.63, 3.8) is 0 Å². The number of carbonyl (C=O) groups is 2. The molecule has 0 spiro atoms. The Balaban J connectivity index is 1.87. The number of hydrogen-bond donors (Lipinski definition) is 2. The Kier molecular flexibility index (Phi) is 4.59. The van der Waals surface area contributed by atoms with Gasteiger partial charge in [-0.2, -0.15) is 18.4 Å². The molecule has 1 aliphatic rings. The van der Waals surface area contributed by atoms with E-state index in [-0.39, 0.29) is 12.1 Å². The van der Waals surface area contributed by atoms with Gasteiger partial charge in [0.2, 0.25) is 5.91 Å². The van der Waals surface area contributed by atoms with Crippen molar-refractivity contribution >= 4 is 11.8 Å². The van der Waals surface area contributed by atoms with Crippen LogP contribution in [-0.2, 0) is 11.0 Å². The van der Waals surface area contributed by atoms with Gasteiger partial charge in [0.25, 0.3) is 5.91 Å². The Bertz CT molecular complexity index is 643. The smallest absolute Gasteiger partial charge is 0.343 e. The molecule has 5 nitrogen and oxygen atoms in total. The van der Waals surface area contributed by atoms with Gasteiger partial charge in [-0.3, -0.25) is 9.59 Å². The topological polar surface area (TPSA) is 82.0 Å². The summed E-state index contributed by atoms with van der Waals surface area (Å²) >= 11 is 0. The van der Waals surface area contributed by atoms with Crippen LogP contribution in [0.15, 0.2) is 24.3 Å². The highest BCUT2D eigenvalue weighted by Gasteiger charge is 2.38. The molecule has 0 aliphatic heterocycles. The first-order valence-electron chi connectivity index (χ1n) is 6.93. The number of nitrogens with zero attached hydrogens (tertiary/aromatic N) is 1. The predicted molar refractivity (Wildman–Crippen MR) is 74.1 cm³/mol. The minimum Gasteiger partial charge on any atom is -0.343 e. The maximum atomic E-state index is 12.4. The average Bonchev–Trinajstić information content (AvgIpc) is 2.48. The van der Waals surface area contributed by atoms with Gasteiger partial charge in [-0.1, -0.05) is 0 Å². The molecule has 0 atom stereocenters. The number of amides is 2. The van der Waals surface area contributed by atoms with Crippen molar-refractivity contribution in [3.05, 3.63) is 35.4 Å². The molecule has 1 aliphatic carbocycles.